The summed E-state index contributed by atoms with van der Waals surface area (Å²) in [6, 6.07) is 6.28. The highest BCUT2D eigenvalue weighted by atomic mass is 16.4. The van der Waals surface area contributed by atoms with Gasteiger partial charge in [0.15, 0.2) is 0 Å². The molecule has 1 unspecified atom stereocenters. The Morgan fingerprint density at radius 2 is 1.82 bits per heavy atom. The van der Waals surface area contributed by atoms with Gasteiger partial charge in [0, 0.05) is 24.2 Å². The van der Waals surface area contributed by atoms with E-state index in [0.29, 0.717) is 17.7 Å². The Bertz CT molecular complexity index is 540. The molecule has 1 rings (SSSR count). The summed E-state index contributed by atoms with van der Waals surface area (Å²) in [5.41, 5.74) is 6.10. The highest BCUT2D eigenvalue weighted by molar-refractivity contribution is 5.96. The molecule has 0 aromatic heterocycles. The summed E-state index contributed by atoms with van der Waals surface area (Å²) >= 11 is 0. The molecule has 0 heterocycles. The van der Waals surface area contributed by atoms with Crippen molar-refractivity contribution in [1.82, 2.24) is 0 Å². The molecule has 0 aliphatic heterocycles. The number of nitrogens with zero attached hydrogens (tertiary/aromatic N) is 1. The zero-order valence-electron chi connectivity index (χ0n) is 12.9. The molecule has 0 fully saturated rings. The number of unbranched alkanes of at least 4 members (excludes halogenated alkanes) is 1. The number of amides is 2. The summed E-state index contributed by atoms with van der Waals surface area (Å²) in [6.45, 7) is 3.63. The lowest BCUT2D eigenvalue weighted by atomic mass is 10.1. The van der Waals surface area contributed by atoms with Crippen molar-refractivity contribution in [3.05, 3.63) is 29.8 Å². The van der Waals surface area contributed by atoms with Crippen LogP contribution in [0.15, 0.2) is 24.3 Å². The van der Waals surface area contributed by atoms with Gasteiger partial charge in [0.1, 0.15) is 0 Å². The number of carbonyl (C=O) groups excluding carboxylic acids is 2. The van der Waals surface area contributed by atoms with E-state index in [1.54, 1.807) is 19.1 Å². The van der Waals surface area contributed by atoms with Crippen molar-refractivity contribution in [2.24, 2.45) is 11.7 Å². The smallest absolute Gasteiger partial charge is 0.308 e. The second kappa shape index (κ2) is 8.17. The summed E-state index contributed by atoms with van der Waals surface area (Å²) in [7, 11) is 0. The first-order valence-electron chi connectivity index (χ1n) is 7.29. The molecule has 0 radical (unpaired) electrons. The van der Waals surface area contributed by atoms with E-state index < -0.39 is 17.8 Å². The van der Waals surface area contributed by atoms with Gasteiger partial charge in [0.2, 0.25) is 11.8 Å². The highest BCUT2D eigenvalue weighted by Crippen LogP contribution is 2.19. The van der Waals surface area contributed by atoms with Crippen molar-refractivity contribution in [2.45, 2.75) is 33.1 Å². The molecule has 3 N–H and O–H groups in total. The Balaban J connectivity index is 2.99. The Hall–Kier alpha value is -2.37. The number of aliphatic carboxylic acids is 1. The summed E-state index contributed by atoms with van der Waals surface area (Å²) in [5.74, 6) is -2.31. The molecule has 120 valence electrons. The summed E-state index contributed by atoms with van der Waals surface area (Å²) in [4.78, 5) is 35.9. The van der Waals surface area contributed by atoms with Gasteiger partial charge in [0.05, 0.1) is 5.92 Å². The maximum absolute atomic E-state index is 12.3. The van der Waals surface area contributed by atoms with Gasteiger partial charge in [-0.3, -0.25) is 14.4 Å². The molecule has 0 spiro atoms. The van der Waals surface area contributed by atoms with E-state index in [0.717, 1.165) is 12.8 Å². The van der Waals surface area contributed by atoms with Crippen LogP contribution in [0.4, 0.5) is 5.69 Å². The van der Waals surface area contributed by atoms with Crippen LogP contribution in [0, 0.1) is 5.92 Å². The molecule has 6 nitrogen and oxygen atoms in total. The number of carboxylic acid groups (broad SMARTS) is 1. The van der Waals surface area contributed by atoms with Gasteiger partial charge < -0.3 is 15.7 Å². The van der Waals surface area contributed by atoms with Crippen molar-refractivity contribution in [3.63, 3.8) is 0 Å². The molecule has 1 atom stereocenters. The summed E-state index contributed by atoms with van der Waals surface area (Å²) in [6.07, 6.45) is 1.99. The minimum atomic E-state index is -0.956. The maximum Gasteiger partial charge on any atom is 0.308 e. The first kappa shape index (κ1) is 17.7. The monoisotopic (exact) mass is 306 g/mol. The molecule has 1 aromatic carbocycles. The highest BCUT2D eigenvalue weighted by Gasteiger charge is 2.21. The Kier molecular flexibility index (Phi) is 6.56. The molecule has 0 saturated carbocycles. The molecule has 22 heavy (non-hydrogen) atoms. The summed E-state index contributed by atoms with van der Waals surface area (Å²) in [5, 5.41) is 9.05. The van der Waals surface area contributed by atoms with Gasteiger partial charge in [0.25, 0.3) is 0 Å². The minimum Gasteiger partial charge on any atom is -0.481 e. The predicted octanol–water partition coefficient (Wildman–Crippen LogP) is 2.03. The molecule has 0 bridgehead atoms. The van der Waals surface area contributed by atoms with Gasteiger partial charge in [-0.15, -0.1) is 0 Å². The number of nitrogens with two attached hydrogens (primary N) is 1. The molecular formula is C16H22N2O4. The zero-order chi connectivity index (χ0) is 16.7. The lowest BCUT2D eigenvalue weighted by molar-refractivity contribution is -0.140. The van der Waals surface area contributed by atoms with Crippen LogP contribution in [-0.4, -0.2) is 29.4 Å². The quantitative estimate of drug-likeness (QED) is 0.767. The van der Waals surface area contributed by atoms with Gasteiger partial charge in [-0.05, 0) is 30.7 Å². The van der Waals surface area contributed by atoms with E-state index in [9.17, 15) is 14.4 Å². The van der Waals surface area contributed by atoms with Crippen molar-refractivity contribution >= 4 is 23.5 Å². The molecule has 2 amide bonds. The SMILES string of the molecule is CCCCC(=O)N(CC(C)C(=O)O)c1ccc(C(N)=O)cc1. The fourth-order valence-corrected chi connectivity index (χ4v) is 1.97. The van der Waals surface area contributed by atoms with Gasteiger partial charge in [-0.1, -0.05) is 20.3 Å². The Labute approximate surface area is 129 Å². The third-order valence-corrected chi connectivity index (χ3v) is 3.39. The van der Waals surface area contributed by atoms with Crippen molar-refractivity contribution in [1.29, 1.82) is 0 Å². The largest absolute Gasteiger partial charge is 0.481 e. The van der Waals surface area contributed by atoms with Crippen LogP contribution < -0.4 is 10.6 Å². The number of primary amides is 1. The van der Waals surface area contributed by atoms with E-state index in [4.69, 9.17) is 10.8 Å². The van der Waals surface area contributed by atoms with E-state index in [-0.39, 0.29) is 12.5 Å². The number of hydrogen-bond donors (Lipinski definition) is 2. The predicted molar refractivity (Wildman–Crippen MR) is 83.6 cm³/mol. The van der Waals surface area contributed by atoms with Crippen LogP contribution in [0.25, 0.3) is 0 Å². The lowest BCUT2D eigenvalue weighted by Crippen LogP contribution is -2.37. The van der Waals surface area contributed by atoms with Crippen LogP contribution in [-0.2, 0) is 9.59 Å². The van der Waals surface area contributed by atoms with Crippen LogP contribution in [0.1, 0.15) is 43.5 Å². The Morgan fingerprint density at radius 1 is 1.23 bits per heavy atom. The Morgan fingerprint density at radius 3 is 2.27 bits per heavy atom. The van der Waals surface area contributed by atoms with Crippen molar-refractivity contribution < 1.29 is 19.5 Å². The number of benzene rings is 1. The third-order valence-electron chi connectivity index (χ3n) is 3.39. The average Bonchev–Trinajstić information content (AvgIpc) is 2.49. The molecular weight excluding hydrogens is 284 g/mol. The molecule has 0 aliphatic carbocycles. The first-order chi connectivity index (χ1) is 10.4. The van der Waals surface area contributed by atoms with E-state index >= 15 is 0 Å². The van der Waals surface area contributed by atoms with Crippen LogP contribution in [0.3, 0.4) is 0 Å². The minimum absolute atomic E-state index is 0.0911. The maximum atomic E-state index is 12.3. The van der Waals surface area contributed by atoms with Gasteiger partial charge in [-0.25, -0.2) is 0 Å². The second-order valence-electron chi connectivity index (χ2n) is 5.26. The van der Waals surface area contributed by atoms with Crippen LogP contribution in [0.2, 0.25) is 0 Å². The van der Waals surface area contributed by atoms with Gasteiger partial charge in [-0.2, -0.15) is 0 Å². The van der Waals surface area contributed by atoms with E-state index in [1.165, 1.54) is 17.0 Å². The standard InChI is InChI=1S/C16H22N2O4/c1-3-4-5-14(19)18(10-11(2)16(21)22)13-8-6-12(7-9-13)15(17)20/h6-9,11H,3-5,10H2,1-2H3,(H2,17,20)(H,21,22). The fraction of sp³-hybridized carbons (Fsp3) is 0.438. The van der Waals surface area contributed by atoms with E-state index in [2.05, 4.69) is 0 Å². The number of hydrogen-bond acceptors (Lipinski definition) is 3. The number of rotatable bonds is 8. The number of carbonyl (C=O) groups is 3. The molecule has 6 heteroatoms. The molecule has 0 saturated heterocycles. The van der Waals surface area contributed by atoms with Crippen molar-refractivity contribution in [2.75, 3.05) is 11.4 Å². The topological polar surface area (TPSA) is 101 Å². The van der Waals surface area contributed by atoms with Crippen molar-refractivity contribution in [3.8, 4) is 0 Å². The number of carboxylic acids is 1. The van der Waals surface area contributed by atoms with Crippen LogP contribution in [0.5, 0.6) is 0 Å². The average molecular weight is 306 g/mol. The van der Waals surface area contributed by atoms with E-state index in [1.807, 2.05) is 6.92 Å². The number of anilines is 1. The molecule has 0 aliphatic rings. The molecule has 1 aromatic rings. The fourth-order valence-electron chi connectivity index (χ4n) is 1.97. The van der Waals surface area contributed by atoms with Gasteiger partial charge >= 0.3 is 5.97 Å². The third kappa shape index (κ3) is 4.87. The first-order valence-corrected chi connectivity index (χ1v) is 7.29. The normalized spacial score (nSPS) is 11.7. The lowest BCUT2D eigenvalue weighted by Gasteiger charge is -2.25. The van der Waals surface area contributed by atoms with Crippen LogP contribution >= 0.6 is 0 Å². The summed E-state index contributed by atoms with van der Waals surface area (Å²) < 4.78 is 0. The second-order valence-corrected chi connectivity index (χ2v) is 5.26. The zero-order valence-corrected chi connectivity index (χ0v) is 12.9.